The van der Waals surface area contributed by atoms with Crippen LogP contribution >= 0.6 is 15.9 Å². The molecule has 0 fully saturated rings. The van der Waals surface area contributed by atoms with Gasteiger partial charge in [-0.05, 0) is 49.2 Å². The maximum absolute atomic E-state index is 13.6. The number of aromatic nitrogens is 1. The van der Waals surface area contributed by atoms with E-state index in [1.165, 1.54) is 6.07 Å². The molecule has 0 spiro atoms. The van der Waals surface area contributed by atoms with Crippen molar-refractivity contribution in [3.63, 3.8) is 0 Å². The van der Waals surface area contributed by atoms with Crippen molar-refractivity contribution in [2.75, 3.05) is 11.9 Å². The largest absolute Gasteiger partial charge is 0.449 e. The molecule has 0 aliphatic carbocycles. The minimum absolute atomic E-state index is 0.0593. The molecule has 1 aromatic heterocycles. The topological polar surface area (TPSA) is 64.4 Å². The zero-order chi connectivity index (χ0) is 19.4. The maximum Gasteiger partial charge on any atom is 0.411 e. The van der Waals surface area contributed by atoms with Crippen LogP contribution in [-0.2, 0) is 11.2 Å². The highest BCUT2D eigenvalue weighted by Gasteiger charge is 2.18. The summed E-state index contributed by atoms with van der Waals surface area (Å²) < 4.78 is 25.1. The average Bonchev–Trinajstić information content (AvgIpc) is 3.00. The number of nitrogens with zero attached hydrogens (tertiary/aromatic N) is 1. The monoisotopic (exact) mass is 432 g/mol. The summed E-state index contributed by atoms with van der Waals surface area (Å²) in [6.07, 6.45) is -0.352. The molecule has 1 N–H and O–H groups in total. The van der Waals surface area contributed by atoms with Crippen molar-refractivity contribution in [2.45, 2.75) is 20.3 Å². The zero-order valence-corrected chi connectivity index (χ0v) is 16.5. The van der Waals surface area contributed by atoms with E-state index < -0.39 is 6.09 Å². The smallest absolute Gasteiger partial charge is 0.411 e. The van der Waals surface area contributed by atoms with Crippen LogP contribution in [0.5, 0.6) is 0 Å². The van der Waals surface area contributed by atoms with Gasteiger partial charge in [0.15, 0.2) is 5.76 Å². The van der Waals surface area contributed by atoms with Crippen LogP contribution < -0.4 is 5.32 Å². The quantitative estimate of drug-likeness (QED) is 0.565. The summed E-state index contributed by atoms with van der Waals surface area (Å²) in [5.74, 6) is 0.137. The van der Waals surface area contributed by atoms with Gasteiger partial charge in [-0.1, -0.05) is 39.3 Å². The van der Waals surface area contributed by atoms with Crippen molar-refractivity contribution in [2.24, 2.45) is 0 Å². The molecule has 0 aliphatic rings. The van der Waals surface area contributed by atoms with Crippen LogP contribution in [0.15, 0.2) is 51.5 Å². The molecular weight excluding hydrogens is 415 g/mol. The van der Waals surface area contributed by atoms with Gasteiger partial charge in [0.25, 0.3) is 0 Å². The molecule has 5 nitrogen and oxygen atoms in total. The molecule has 0 bridgehead atoms. The van der Waals surface area contributed by atoms with Gasteiger partial charge in [0.2, 0.25) is 0 Å². The molecule has 1 amide bonds. The van der Waals surface area contributed by atoms with Gasteiger partial charge in [0, 0.05) is 16.5 Å². The average molecular weight is 433 g/mol. The van der Waals surface area contributed by atoms with Crippen molar-refractivity contribution in [3.8, 4) is 11.3 Å². The van der Waals surface area contributed by atoms with E-state index >= 15 is 0 Å². The lowest BCUT2D eigenvalue weighted by Gasteiger charge is -2.08. The second-order valence-corrected chi connectivity index (χ2v) is 6.89. The van der Waals surface area contributed by atoms with Gasteiger partial charge >= 0.3 is 6.09 Å². The number of carbonyl (C=O) groups is 1. The molecule has 7 heteroatoms. The van der Waals surface area contributed by atoms with Crippen molar-refractivity contribution < 1.29 is 18.4 Å². The second kappa shape index (κ2) is 8.35. The summed E-state index contributed by atoms with van der Waals surface area (Å²) in [6, 6.07) is 12.1. The Morgan fingerprint density at radius 1 is 1.26 bits per heavy atom. The minimum atomic E-state index is -0.646. The summed E-state index contributed by atoms with van der Waals surface area (Å²) in [4.78, 5) is 12.1. The predicted molar refractivity (Wildman–Crippen MR) is 104 cm³/mol. The lowest BCUT2D eigenvalue weighted by molar-refractivity contribution is 0.162. The number of nitrogens with one attached hydrogen (secondary N) is 1. The summed E-state index contributed by atoms with van der Waals surface area (Å²) in [5.41, 5.74) is 3.31. The number of ether oxygens (including phenoxy) is 1. The number of hydrogen-bond donors (Lipinski definition) is 1. The Hall–Kier alpha value is -2.67. The van der Waals surface area contributed by atoms with Crippen LogP contribution in [0.3, 0.4) is 0 Å². The molecule has 2 aromatic carbocycles. The second-order valence-electron chi connectivity index (χ2n) is 6.04. The lowest BCUT2D eigenvalue weighted by Crippen LogP contribution is -2.16. The highest BCUT2D eigenvalue weighted by molar-refractivity contribution is 9.10. The summed E-state index contributed by atoms with van der Waals surface area (Å²) in [7, 11) is 0. The highest BCUT2D eigenvalue weighted by atomic mass is 79.9. The summed E-state index contributed by atoms with van der Waals surface area (Å²) in [5, 5.41) is 6.60. The number of halogens is 2. The van der Waals surface area contributed by atoms with Crippen molar-refractivity contribution in [1.29, 1.82) is 0 Å². The summed E-state index contributed by atoms with van der Waals surface area (Å²) >= 11 is 3.46. The maximum atomic E-state index is 13.6. The van der Waals surface area contributed by atoms with Gasteiger partial charge in [-0.2, -0.15) is 0 Å². The first-order chi connectivity index (χ1) is 13.0. The number of benzene rings is 2. The molecule has 3 rings (SSSR count). The van der Waals surface area contributed by atoms with E-state index in [1.807, 2.05) is 25.1 Å². The number of amides is 1. The van der Waals surface area contributed by atoms with Gasteiger partial charge in [0.1, 0.15) is 17.2 Å². The van der Waals surface area contributed by atoms with E-state index in [1.54, 1.807) is 25.1 Å². The lowest BCUT2D eigenvalue weighted by atomic mass is 10.1. The van der Waals surface area contributed by atoms with E-state index in [2.05, 4.69) is 26.4 Å². The third-order valence-electron chi connectivity index (χ3n) is 4.07. The van der Waals surface area contributed by atoms with E-state index in [-0.39, 0.29) is 12.4 Å². The van der Waals surface area contributed by atoms with E-state index in [0.717, 1.165) is 15.6 Å². The van der Waals surface area contributed by atoms with Crippen LogP contribution in [0.25, 0.3) is 11.3 Å². The normalized spacial score (nSPS) is 10.7. The van der Waals surface area contributed by atoms with E-state index in [4.69, 9.17) is 9.26 Å². The third kappa shape index (κ3) is 4.54. The number of hydrogen-bond acceptors (Lipinski definition) is 4. The predicted octanol–water partition coefficient (Wildman–Crippen LogP) is 5.65. The Kier molecular flexibility index (Phi) is 5.91. The van der Waals surface area contributed by atoms with Crippen LogP contribution in [0.2, 0.25) is 0 Å². The molecule has 3 aromatic rings. The molecule has 0 radical (unpaired) electrons. The Morgan fingerprint density at radius 3 is 2.78 bits per heavy atom. The van der Waals surface area contributed by atoms with Gasteiger partial charge in [-0.15, -0.1) is 0 Å². The number of aryl methyl sites for hydroxylation is 2. The highest BCUT2D eigenvalue weighted by Crippen LogP contribution is 2.33. The summed E-state index contributed by atoms with van der Waals surface area (Å²) in [6.45, 7) is 3.75. The molecular formula is C20H18BrFN2O3. The van der Waals surface area contributed by atoms with Crippen LogP contribution in [-0.4, -0.2) is 17.9 Å². The van der Waals surface area contributed by atoms with Gasteiger partial charge in [-0.3, -0.25) is 5.32 Å². The molecule has 0 atom stereocenters. The first-order valence-corrected chi connectivity index (χ1v) is 9.15. The molecule has 0 aliphatic heterocycles. The number of carbonyl (C=O) groups excluding carboxylic acids is 1. The van der Waals surface area contributed by atoms with Gasteiger partial charge in [-0.25, -0.2) is 9.18 Å². The fourth-order valence-electron chi connectivity index (χ4n) is 2.59. The Bertz CT molecular complexity index is 972. The molecule has 0 saturated heterocycles. The van der Waals surface area contributed by atoms with Crippen LogP contribution in [0.1, 0.15) is 16.8 Å². The van der Waals surface area contributed by atoms with Crippen molar-refractivity contribution in [1.82, 2.24) is 5.16 Å². The standard InChI is InChI=1S/C20H18BrFN2O3/c1-12-11-15(7-8-16(12)21)19-18(13(2)24-27-19)23-20(25)26-10-9-14-5-3-4-6-17(14)22/h3-8,11H,9-10H2,1-2H3,(H,23,25). The van der Waals surface area contributed by atoms with Crippen LogP contribution in [0.4, 0.5) is 14.9 Å². The van der Waals surface area contributed by atoms with Crippen molar-refractivity contribution in [3.05, 3.63) is 69.6 Å². The minimum Gasteiger partial charge on any atom is -0.449 e. The Balaban J connectivity index is 1.67. The van der Waals surface area contributed by atoms with Crippen molar-refractivity contribution >= 4 is 27.7 Å². The molecule has 1 heterocycles. The SMILES string of the molecule is Cc1cc(-c2onc(C)c2NC(=O)OCCc2ccccc2F)ccc1Br. The molecule has 0 saturated carbocycles. The van der Waals surface area contributed by atoms with E-state index in [9.17, 15) is 9.18 Å². The van der Waals surface area contributed by atoms with E-state index in [0.29, 0.717) is 29.1 Å². The van der Waals surface area contributed by atoms with Gasteiger partial charge in [0.05, 0.1) is 6.61 Å². The number of anilines is 1. The third-order valence-corrected chi connectivity index (χ3v) is 4.96. The van der Waals surface area contributed by atoms with Gasteiger partial charge < -0.3 is 9.26 Å². The Morgan fingerprint density at radius 2 is 2.04 bits per heavy atom. The fourth-order valence-corrected chi connectivity index (χ4v) is 2.84. The number of rotatable bonds is 5. The fraction of sp³-hybridized carbons (Fsp3) is 0.200. The first-order valence-electron chi connectivity index (χ1n) is 8.35. The molecule has 140 valence electrons. The zero-order valence-electron chi connectivity index (χ0n) is 14.9. The molecule has 27 heavy (non-hydrogen) atoms. The van der Waals surface area contributed by atoms with Crippen LogP contribution in [0, 0.1) is 19.7 Å². The Labute approximate surface area is 164 Å². The first kappa shape index (κ1) is 19.1. The molecule has 0 unspecified atom stereocenters.